The molecule has 0 atom stereocenters. The van der Waals surface area contributed by atoms with E-state index < -0.39 is 0 Å². The van der Waals surface area contributed by atoms with Gasteiger partial charge in [0.25, 0.3) is 0 Å². The van der Waals surface area contributed by atoms with Gasteiger partial charge in [-0.05, 0) is 0 Å². The van der Waals surface area contributed by atoms with Crippen molar-refractivity contribution in [2.45, 2.75) is 5.23 Å². The Kier molecular flexibility index (Phi) is 6.37. The maximum absolute atomic E-state index is 2.00. The van der Waals surface area contributed by atoms with Crippen molar-refractivity contribution in [3.05, 3.63) is 30.7 Å². The van der Waals surface area contributed by atoms with Gasteiger partial charge in [0, 0.05) is 6.42 Å². The number of allylic oxidation sites excluding steroid dienone is 4. The predicted octanol–water partition coefficient (Wildman–Crippen LogP) is 1.90. The van der Waals surface area contributed by atoms with Crippen LogP contribution in [0.25, 0.3) is 0 Å². The van der Waals surface area contributed by atoms with Crippen LogP contribution in [0.3, 0.4) is 0 Å². The van der Waals surface area contributed by atoms with Crippen LogP contribution in [0.4, 0.5) is 0 Å². The van der Waals surface area contributed by atoms with Crippen molar-refractivity contribution in [2.75, 3.05) is 0 Å². The molecule has 0 nitrogen and oxygen atoms in total. The zero-order valence-corrected chi connectivity index (χ0v) is 5.95. The van der Waals surface area contributed by atoms with Crippen LogP contribution >= 0.6 is 0 Å². The molecule has 0 saturated carbocycles. The second-order valence-corrected chi connectivity index (χ2v) is 0.962. The van der Waals surface area contributed by atoms with E-state index >= 15 is 0 Å². The topological polar surface area (TPSA) is 0 Å². The van der Waals surface area contributed by atoms with E-state index in [1.54, 1.807) is 0 Å². The maximum Gasteiger partial charge on any atom is 0.00506 e. The average Bonchev–Trinajstić information content (AvgIpc) is 2.23. The summed E-state index contributed by atoms with van der Waals surface area (Å²) in [6, 6.07) is 0. The maximum atomic E-state index is 2.00. The standard InChI is InChI=1S/C5H5.CH3.Ti/c1-2-4-5-3-1;;/h1-5H;1H3;. The summed E-state index contributed by atoms with van der Waals surface area (Å²) in [6.45, 7) is 0. The zero-order valence-electron chi connectivity index (χ0n) is 4.39. The van der Waals surface area contributed by atoms with E-state index in [9.17, 15) is 0 Å². The number of hydrogen-bond donors (Lipinski definition) is 0. The molecule has 0 aromatic heterocycles. The van der Waals surface area contributed by atoms with Crippen LogP contribution in [-0.2, 0) is 20.4 Å². The minimum absolute atomic E-state index is 2.00. The summed E-state index contributed by atoms with van der Waals surface area (Å²) >= 11 is 2.00. The normalized spacial score (nSPS) is 13.1. The smallest absolute Gasteiger partial charge is 0.00506 e. The first kappa shape index (κ1) is 7.19. The van der Waals surface area contributed by atoms with Crippen molar-refractivity contribution in [1.29, 1.82) is 0 Å². The van der Waals surface area contributed by atoms with Crippen molar-refractivity contribution < 1.29 is 20.4 Å². The molecule has 7 heavy (non-hydrogen) atoms. The van der Waals surface area contributed by atoms with Crippen molar-refractivity contribution >= 4 is 0 Å². The van der Waals surface area contributed by atoms with Gasteiger partial charge in [0.15, 0.2) is 0 Å². The molecule has 0 aromatic carbocycles. The van der Waals surface area contributed by atoms with Gasteiger partial charge in [-0.1, -0.05) is 24.3 Å². The van der Waals surface area contributed by atoms with Crippen molar-refractivity contribution in [3.8, 4) is 0 Å². The summed E-state index contributed by atoms with van der Waals surface area (Å²) in [5.41, 5.74) is 0. The Balaban J connectivity index is 0.000000162. The molecule has 0 saturated heterocycles. The minimum Gasteiger partial charge on any atom is -0.0767 e. The summed E-state index contributed by atoms with van der Waals surface area (Å²) in [4.78, 5) is 0. The quantitative estimate of drug-likeness (QED) is 0.437. The van der Waals surface area contributed by atoms with Gasteiger partial charge in [0.05, 0.1) is 0 Å². The fourth-order valence-corrected chi connectivity index (χ4v) is 0.321. The van der Waals surface area contributed by atoms with Gasteiger partial charge >= 0.3 is 25.7 Å². The number of rotatable bonds is 0. The SMILES string of the molecule is [CH3][Ti].[CH]1C=CC=C1. The molecule has 0 bridgehead atoms. The Morgan fingerprint density at radius 3 is 1.43 bits per heavy atom. The first-order valence-corrected chi connectivity index (χ1v) is 3.73. The molecule has 1 rings (SSSR count). The summed E-state index contributed by atoms with van der Waals surface area (Å²) < 4.78 is 0. The van der Waals surface area contributed by atoms with Gasteiger partial charge in [-0.15, -0.1) is 0 Å². The van der Waals surface area contributed by atoms with Crippen molar-refractivity contribution in [2.24, 2.45) is 0 Å². The Hall–Kier alpha value is 0.194. The van der Waals surface area contributed by atoms with Crippen LogP contribution in [0.5, 0.6) is 0 Å². The molecule has 0 heterocycles. The molecule has 0 aliphatic heterocycles. The Morgan fingerprint density at radius 2 is 1.29 bits per heavy atom. The zero-order chi connectivity index (χ0) is 5.54. The molecule has 0 amide bonds. The number of hydrogen-bond acceptors (Lipinski definition) is 0. The van der Waals surface area contributed by atoms with Crippen molar-refractivity contribution in [3.63, 3.8) is 0 Å². The van der Waals surface area contributed by atoms with E-state index in [2.05, 4.69) is 0 Å². The summed E-state index contributed by atoms with van der Waals surface area (Å²) in [7, 11) is 0. The first-order chi connectivity index (χ1) is 3.50. The molecule has 1 heteroatoms. The second kappa shape index (κ2) is 6.19. The molecule has 0 N–H and O–H groups in total. The van der Waals surface area contributed by atoms with E-state index in [1.807, 2.05) is 56.4 Å². The largest absolute Gasteiger partial charge is 0.0767 e. The van der Waals surface area contributed by atoms with E-state index in [0.717, 1.165) is 0 Å². The Bertz CT molecular complexity index is 62.2. The Labute approximate surface area is 56.7 Å². The van der Waals surface area contributed by atoms with Crippen LogP contribution in [0, 0.1) is 6.42 Å². The molecular weight excluding hydrogens is 120 g/mol. The van der Waals surface area contributed by atoms with Crippen LogP contribution in [0.15, 0.2) is 24.3 Å². The third-order valence-electron chi connectivity index (χ3n) is 0.556. The summed E-state index contributed by atoms with van der Waals surface area (Å²) in [5.74, 6) is 0. The second-order valence-electron chi connectivity index (χ2n) is 0.962. The van der Waals surface area contributed by atoms with E-state index in [4.69, 9.17) is 0 Å². The van der Waals surface area contributed by atoms with Crippen LogP contribution in [-0.4, -0.2) is 0 Å². The van der Waals surface area contributed by atoms with E-state index in [1.165, 1.54) is 0 Å². The van der Waals surface area contributed by atoms with Gasteiger partial charge in [-0.3, -0.25) is 0 Å². The van der Waals surface area contributed by atoms with Gasteiger partial charge in [0.1, 0.15) is 0 Å². The van der Waals surface area contributed by atoms with Crippen molar-refractivity contribution in [1.82, 2.24) is 0 Å². The van der Waals surface area contributed by atoms with Gasteiger partial charge in [-0.25, -0.2) is 0 Å². The monoisotopic (exact) mass is 128 g/mol. The minimum atomic E-state index is 2.00. The molecule has 0 unspecified atom stereocenters. The van der Waals surface area contributed by atoms with Gasteiger partial charge in [0.2, 0.25) is 0 Å². The molecule has 1 aliphatic rings. The van der Waals surface area contributed by atoms with Crippen LogP contribution in [0.2, 0.25) is 5.23 Å². The summed E-state index contributed by atoms with van der Waals surface area (Å²) in [6.07, 6.45) is 10.0. The molecular formula is C6H8Ti. The van der Waals surface area contributed by atoms with E-state index in [0.29, 0.717) is 0 Å². The predicted molar refractivity (Wildman–Crippen MR) is 28.4 cm³/mol. The molecule has 0 aromatic rings. The van der Waals surface area contributed by atoms with Gasteiger partial charge < -0.3 is 0 Å². The third kappa shape index (κ3) is 4.04. The van der Waals surface area contributed by atoms with E-state index in [-0.39, 0.29) is 0 Å². The average molecular weight is 128 g/mol. The fraction of sp³-hybridized carbons (Fsp3) is 0.167. The van der Waals surface area contributed by atoms with Gasteiger partial charge in [-0.2, -0.15) is 0 Å². The summed E-state index contributed by atoms with van der Waals surface area (Å²) in [5, 5.41) is 2.00. The fourth-order valence-electron chi connectivity index (χ4n) is 0.321. The van der Waals surface area contributed by atoms with Crippen LogP contribution < -0.4 is 0 Å². The molecule has 1 radical (unpaired) electrons. The first-order valence-electron chi connectivity index (χ1n) is 2.17. The third-order valence-corrected chi connectivity index (χ3v) is 0.556. The van der Waals surface area contributed by atoms with Crippen LogP contribution in [0.1, 0.15) is 0 Å². The molecule has 0 fully saturated rings. The molecule has 36 valence electrons. The molecule has 1 aliphatic carbocycles. The molecule has 0 spiro atoms. The Morgan fingerprint density at radius 1 is 0.857 bits per heavy atom.